The molecule has 0 N–H and O–H groups in total. The molecule has 6 nitrogen and oxygen atoms in total. The largest absolute Gasteiger partial charge is 0.312 e. The first-order valence-electron chi connectivity index (χ1n) is 10.4. The molecule has 0 bridgehead atoms. The Labute approximate surface area is 198 Å². The smallest absolute Gasteiger partial charge is 0.279 e. The molecule has 1 heterocycles. The van der Waals surface area contributed by atoms with Crippen LogP contribution < -0.4 is 4.80 Å². The molecule has 0 aliphatic rings. The third-order valence-electron chi connectivity index (χ3n) is 5.21. The Kier molecular flexibility index (Phi) is 7.63. The Morgan fingerprint density at radius 3 is 2.21 bits per heavy atom. The second kappa shape index (κ2) is 10.2. The number of rotatable bonds is 9. The summed E-state index contributed by atoms with van der Waals surface area (Å²) in [4.78, 5) is 17.9. The van der Waals surface area contributed by atoms with E-state index in [1.165, 1.54) is 57.6 Å². The van der Waals surface area contributed by atoms with Gasteiger partial charge in [0.15, 0.2) is 4.80 Å². The van der Waals surface area contributed by atoms with Crippen LogP contribution in [0.3, 0.4) is 0 Å². The van der Waals surface area contributed by atoms with Gasteiger partial charge in [0.1, 0.15) is 0 Å². The minimum Gasteiger partial charge on any atom is -0.312 e. The van der Waals surface area contributed by atoms with E-state index in [1.807, 2.05) is 11.5 Å². The Morgan fingerprint density at radius 2 is 1.64 bits per heavy atom. The van der Waals surface area contributed by atoms with Crippen LogP contribution in [-0.2, 0) is 16.6 Å². The highest BCUT2D eigenvalue weighted by atomic mass is 32.2. The maximum Gasteiger partial charge on any atom is 0.279 e. The lowest BCUT2D eigenvalue weighted by Gasteiger charge is -2.19. The molecular weight excluding hydrogens is 454 g/mol. The third kappa shape index (κ3) is 5.13. The van der Waals surface area contributed by atoms with E-state index >= 15 is 0 Å². The summed E-state index contributed by atoms with van der Waals surface area (Å²) in [5.74, 6) is -0.439. The Hall–Kier alpha value is -3.07. The van der Waals surface area contributed by atoms with E-state index in [-0.39, 0.29) is 18.0 Å². The molecule has 0 aliphatic heterocycles. The number of sulfonamides is 1. The van der Waals surface area contributed by atoms with Crippen LogP contribution in [0.5, 0.6) is 0 Å². The predicted molar refractivity (Wildman–Crippen MR) is 135 cm³/mol. The van der Waals surface area contributed by atoms with Crippen LogP contribution in [0.25, 0.3) is 10.2 Å². The van der Waals surface area contributed by atoms with Gasteiger partial charge in [-0.15, -0.1) is 19.7 Å². The van der Waals surface area contributed by atoms with Crippen molar-refractivity contribution in [2.75, 3.05) is 13.1 Å². The molecule has 0 radical (unpaired) electrons. The lowest BCUT2D eigenvalue weighted by Crippen LogP contribution is -2.31. The van der Waals surface area contributed by atoms with E-state index in [0.29, 0.717) is 16.9 Å². The first-order valence-corrected chi connectivity index (χ1v) is 12.6. The quantitative estimate of drug-likeness (QED) is 0.419. The molecule has 0 fully saturated rings. The predicted octanol–water partition coefficient (Wildman–Crippen LogP) is 4.61. The highest BCUT2D eigenvalue weighted by Gasteiger charge is 2.22. The van der Waals surface area contributed by atoms with Crippen molar-refractivity contribution in [3.63, 3.8) is 0 Å². The number of fused-ring (bicyclic) bond motifs is 1. The fourth-order valence-electron chi connectivity index (χ4n) is 3.34. The molecule has 0 atom stereocenters. The maximum atomic E-state index is 12.9. The molecule has 172 valence electrons. The second-order valence-electron chi connectivity index (χ2n) is 7.53. The van der Waals surface area contributed by atoms with Gasteiger partial charge < -0.3 is 4.57 Å². The second-order valence-corrected chi connectivity index (χ2v) is 10.5. The number of aromatic nitrogens is 1. The number of thiazole rings is 1. The van der Waals surface area contributed by atoms with Crippen LogP contribution in [0.1, 0.15) is 21.5 Å². The van der Waals surface area contributed by atoms with E-state index in [0.717, 1.165) is 15.8 Å². The van der Waals surface area contributed by atoms with Gasteiger partial charge in [0, 0.05) is 25.2 Å². The molecule has 0 aliphatic carbocycles. The van der Waals surface area contributed by atoms with Gasteiger partial charge in [0.05, 0.1) is 15.1 Å². The van der Waals surface area contributed by atoms with Gasteiger partial charge in [-0.1, -0.05) is 29.6 Å². The summed E-state index contributed by atoms with van der Waals surface area (Å²) in [6.45, 7) is 16.0. The lowest BCUT2D eigenvalue weighted by atomic mass is 10.1. The number of aryl methyl sites for hydroxylation is 2. The minimum atomic E-state index is -3.73. The zero-order valence-electron chi connectivity index (χ0n) is 18.8. The average molecular weight is 482 g/mol. The van der Waals surface area contributed by atoms with Gasteiger partial charge in [0.2, 0.25) is 10.0 Å². The standard InChI is InChI=1S/C25H27N3O3S2/c1-6-13-27(14-7-2)33(30,31)21-11-9-20(10-12-21)24(29)26-25-28(15-8-3)22-16-18(4)19(5)17-23(22)32-25/h6-12,16-17H,1-3,13-15H2,4-5H3. The number of hydrogen-bond donors (Lipinski definition) is 0. The number of carbonyl (C=O) groups excluding carboxylic acids is 1. The van der Waals surface area contributed by atoms with Crippen molar-refractivity contribution in [2.45, 2.75) is 25.3 Å². The number of hydrogen-bond acceptors (Lipinski definition) is 4. The van der Waals surface area contributed by atoms with E-state index < -0.39 is 15.9 Å². The van der Waals surface area contributed by atoms with Gasteiger partial charge in [-0.2, -0.15) is 9.30 Å². The number of nitrogens with zero attached hydrogens (tertiary/aromatic N) is 3. The van der Waals surface area contributed by atoms with Crippen molar-refractivity contribution in [1.29, 1.82) is 0 Å². The summed E-state index contributed by atoms with van der Waals surface area (Å²) in [7, 11) is -3.73. The minimum absolute atomic E-state index is 0.0947. The van der Waals surface area contributed by atoms with E-state index in [4.69, 9.17) is 0 Å². The van der Waals surface area contributed by atoms with Crippen molar-refractivity contribution >= 4 is 37.5 Å². The molecule has 33 heavy (non-hydrogen) atoms. The van der Waals surface area contributed by atoms with Crippen LogP contribution in [0.4, 0.5) is 0 Å². The van der Waals surface area contributed by atoms with Gasteiger partial charge in [-0.05, 0) is 61.4 Å². The van der Waals surface area contributed by atoms with Gasteiger partial charge >= 0.3 is 0 Å². The summed E-state index contributed by atoms with van der Waals surface area (Å²) in [6.07, 6.45) is 4.80. The molecule has 3 rings (SSSR count). The first kappa shape index (κ1) is 24.6. The van der Waals surface area contributed by atoms with Crippen molar-refractivity contribution in [1.82, 2.24) is 8.87 Å². The highest BCUT2D eigenvalue weighted by Crippen LogP contribution is 2.22. The summed E-state index contributed by atoms with van der Waals surface area (Å²) < 4.78 is 30.0. The fraction of sp³-hybridized carbons (Fsp3) is 0.200. The Balaban J connectivity index is 1.99. The molecular formula is C25H27N3O3S2. The van der Waals surface area contributed by atoms with Crippen LogP contribution >= 0.6 is 11.3 Å². The number of carbonyl (C=O) groups is 1. The number of amides is 1. The first-order chi connectivity index (χ1) is 15.7. The molecule has 8 heteroatoms. The third-order valence-corrected chi connectivity index (χ3v) is 8.10. The van der Waals surface area contributed by atoms with Crippen LogP contribution in [0.15, 0.2) is 84.3 Å². The Morgan fingerprint density at radius 1 is 1.03 bits per heavy atom. The van der Waals surface area contributed by atoms with E-state index in [2.05, 4.69) is 43.8 Å². The number of allylic oxidation sites excluding steroid dienone is 1. The molecule has 0 saturated heterocycles. The Bertz CT molecular complexity index is 1390. The van der Waals surface area contributed by atoms with Gasteiger partial charge in [-0.3, -0.25) is 4.79 Å². The topological polar surface area (TPSA) is 71.7 Å². The lowest BCUT2D eigenvalue weighted by molar-refractivity contribution is 0.0998. The van der Waals surface area contributed by atoms with Gasteiger partial charge in [0.25, 0.3) is 5.91 Å². The molecule has 1 aromatic heterocycles. The zero-order chi connectivity index (χ0) is 24.2. The SMILES string of the molecule is C=CCN(CC=C)S(=O)(=O)c1ccc(C(=O)N=c2sc3cc(C)c(C)cc3n2CC=C)cc1. The number of benzene rings is 2. The normalized spacial score (nSPS) is 12.3. The van der Waals surface area contributed by atoms with Gasteiger partial charge in [-0.25, -0.2) is 8.42 Å². The summed E-state index contributed by atoms with van der Waals surface area (Å²) in [5.41, 5.74) is 3.64. The van der Waals surface area contributed by atoms with Crippen LogP contribution in [0, 0.1) is 13.8 Å². The monoisotopic (exact) mass is 481 g/mol. The highest BCUT2D eigenvalue weighted by molar-refractivity contribution is 7.89. The van der Waals surface area contributed by atoms with Crippen LogP contribution in [-0.4, -0.2) is 36.3 Å². The van der Waals surface area contributed by atoms with Crippen molar-refractivity contribution in [3.05, 3.63) is 95.9 Å². The molecule has 0 spiro atoms. The molecule has 3 aromatic rings. The van der Waals surface area contributed by atoms with Crippen molar-refractivity contribution in [3.8, 4) is 0 Å². The zero-order valence-corrected chi connectivity index (χ0v) is 20.5. The summed E-state index contributed by atoms with van der Waals surface area (Å²) in [6, 6.07) is 10.00. The average Bonchev–Trinajstić information content (AvgIpc) is 3.10. The molecule has 0 saturated carbocycles. The van der Waals surface area contributed by atoms with Crippen molar-refractivity contribution < 1.29 is 13.2 Å². The fourth-order valence-corrected chi connectivity index (χ4v) is 5.84. The summed E-state index contributed by atoms with van der Waals surface area (Å²) in [5, 5.41) is 0. The molecule has 2 aromatic carbocycles. The van der Waals surface area contributed by atoms with Crippen LogP contribution in [0.2, 0.25) is 0 Å². The van der Waals surface area contributed by atoms with E-state index in [9.17, 15) is 13.2 Å². The molecule has 1 amide bonds. The summed E-state index contributed by atoms with van der Waals surface area (Å²) >= 11 is 1.44. The van der Waals surface area contributed by atoms with Crippen molar-refractivity contribution in [2.24, 2.45) is 4.99 Å². The molecule has 0 unspecified atom stereocenters. The maximum absolute atomic E-state index is 12.9. The van der Waals surface area contributed by atoms with E-state index in [1.54, 1.807) is 6.08 Å².